The zero-order valence-electron chi connectivity index (χ0n) is 8.50. The fraction of sp³-hybridized carbons (Fsp3) is 0.500. The molecule has 0 saturated carbocycles. The van der Waals surface area contributed by atoms with Crippen LogP contribution in [0.25, 0.3) is 0 Å². The fourth-order valence-corrected chi connectivity index (χ4v) is 1.73. The Labute approximate surface area is 79.7 Å². The van der Waals surface area contributed by atoms with Crippen LogP contribution in [0.15, 0.2) is 24.3 Å². The highest BCUT2D eigenvalue weighted by Crippen LogP contribution is 2.36. The molecule has 0 radical (unpaired) electrons. The summed E-state index contributed by atoms with van der Waals surface area (Å²) in [5, 5.41) is 0. The molecule has 1 aliphatic rings. The van der Waals surface area contributed by atoms with Crippen molar-refractivity contribution in [2.75, 3.05) is 0 Å². The van der Waals surface area contributed by atoms with Gasteiger partial charge in [0.2, 0.25) is 0 Å². The molecule has 1 atom stereocenters. The molecular formula is C12H16O. The van der Waals surface area contributed by atoms with Gasteiger partial charge in [-0.15, -0.1) is 0 Å². The van der Waals surface area contributed by atoms with Crippen molar-refractivity contribution in [3.63, 3.8) is 0 Å². The lowest BCUT2D eigenvalue weighted by Crippen LogP contribution is -2.40. The fourth-order valence-electron chi connectivity index (χ4n) is 1.73. The molecule has 1 aromatic carbocycles. The standard InChI is InChI=1S/C12H16O/c1-9-8-10-6-4-5-7-11(10)13-12(9,2)3/h4-7,9H,8H2,1-3H3/t9-/m0/s1. The van der Waals surface area contributed by atoms with E-state index >= 15 is 0 Å². The second-order valence-corrected chi connectivity index (χ2v) is 4.42. The molecule has 13 heavy (non-hydrogen) atoms. The number of para-hydroxylation sites is 1. The Kier molecular flexibility index (Phi) is 1.83. The van der Waals surface area contributed by atoms with Gasteiger partial charge < -0.3 is 4.74 Å². The van der Waals surface area contributed by atoms with Crippen LogP contribution in [-0.4, -0.2) is 5.60 Å². The van der Waals surface area contributed by atoms with E-state index in [1.807, 2.05) is 6.07 Å². The summed E-state index contributed by atoms with van der Waals surface area (Å²) in [6, 6.07) is 8.32. The molecular weight excluding hydrogens is 160 g/mol. The molecule has 1 heterocycles. The first-order valence-electron chi connectivity index (χ1n) is 4.86. The van der Waals surface area contributed by atoms with Crippen LogP contribution < -0.4 is 4.74 Å². The van der Waals surface area contributed by atoms with Gasteiger partial charge in [-0.2, -0.15) is 0 Å². The SMILES string of the molecule is C[C@H]1Cc2ccccc2OC1(C)C. The maximum Gasteiger partial charge on any atom is 0.123 e. The topological polar surface area (TPSA) is 9.23 Å². The van der Waals surface area contributed by atoms with Crippen molar-refractivity contribution in [1.29, 1.82) is 0 Å². The Hall–Kier alpha value is -0.980. The number of hydrogen-bond donors (Lipinski definition) is 0. The highest BCUT2D eigenvalue weighted by Gasteiger charge is 2.33. The summed E-state index contributed by atoms with van der Waals surface area (Å²) in [4.78, 5) is 0. The third-order valence-corrected chi connectivity index (χ3v) is 3.06. The molecule has 0 aromatic heterocycles. The normalized spacial score (nSPS) is 24.7. The summed E-state index contributed by atoms with van der Waals surface area (Å²) in [5.41, 5.74) is 1.32. The van der Waals surface area contributed by atoms with Crippen molar-refractivity contribution in [1.82, 2.24) is 0 Å². The van der Waals surface area contributed by atoms with Gasteiger partial charge in [0.25, 0.3) is 0 Å². The first-order chi connectivity index (χ1) is 6.09. The molecule has 70 valence electrons. The monoisotopic (exact) mass is 176 g/mol. The molecule has 1 nitrogen and oxygen atoms in total. The van der Waals surface area contributed by atoms with Gasteiger partial charge in [0.15, 0.2) is 0 Å². The van der Waals surface area contributed by atoms with Crippen molar-refractivity contribution < 1.29 is 4.74 Å². The molecule has 0 N–H and O–H groups in total. The van der Waals surface area contributed by atoms with Crippen molar-refractivity contribution in [2.24, 2.45) is 5.92 Å². The average Bonchev–Trinajstić information content (AvgIpc) is 2.06. The maximum atomic E-state index is 5.93. The lowest BCUT2D eigenvalue weighted by Gasteiger charge is -2.38. The molecule has 0 bridgehead atoms. The number of ether oxygens (including phenoxy) is 1. The van der Waals surface area contributed by atoms with Gasteiger partial charge in [-0.25, -0.2) is 0 Å². The van der Waals surface area contributed by atoms with Gasteiger partial charge in [-0.3, -0.25) is 0 Å². The van der Waals surface area contributed by atoms with E-state index in [9.17, 15) is 0 Å². The van der Waals surface area contributed by atoms with Gasteiger partial charge in [-0.05, 0) is 37.8 Å². The van der Waals surface area contributed by atoms with Crippen molar-refractivity contribution in [2.45, 2.75) is 32.8 Å². The number of hydrogen-bond acceptors (Lipinski definition) is 1. The van der Waals surface area contributed by atoms with Crippen molar-refractivity contribution in [3.8, 4) is 5.75 Å². The van der Waals surface area contributed by atoms with Crippen LogP contribution in [0.5, 0.6) is 5.75 Å². The summed E-state index contributed by atoms with van der Waals surface area (Å²) in [7, 11) is 0. The van der Waals surface area contributed by atoms with E-state index in [1.165, 1.54) is 5.56 Å². The summed E-state index contributed by atoms with van der Waals surface area (Å²) < 4.78 is 5.93. The van der Waals surface area contributed by atoms with E-state index in [0.717, 1.165) is 12.2 Å². The minimum absolute atomic E-state index is 0.0195. The molecule has 0 aliphatic carbocycles. The predicted molar refractivity (Wildman–Crippen MR) is 54.0 cm³/mol. The zero-order valence-corrected chi connectivity index (χ0v) is 8.50. The van der Waals surface area contributed by atoms with Crippen molar-refractivity contribution >= 4 is 0 Å². The van der Waals surface area contributed by atoms with Gasteiger partial charge in [0, 0.05) is 0 Å². The summed E-state index contributed by atoms with van der Waals surface area (Å²) >= 11 is 0. The summed E-state index contributed by atoms with van der Waals surface area (Å²) in [6.07, 6.45) is 1.13. The molecule has 1 aromatic rings. The Morgan fingerprint density at radius 1 is 1.31 bits per heavy atom. The molecule has 0 fully saturated rings. The predicted octanol–water partition coefficient (Wildman–Crippen LogP) is 3.04. The Morgan fingerprint density at radius 3 is 2.77 bits per heavy atom. The molecule has 0 saturated heterocycles. The minimum Gasteiger partial charge on any atom is -0.487 e. The van der Waals surface area contributed by atoms with Crippen LogP contribution in [0.3, 0.4) is 0 Å². The smallest absolute Gasteiger partial charge is 0.123 e. The Bertz CT molecular complexity index is 315. The van der Waals surface area contributed by atoms with Gasteiger partial charge in [-0.1, -0.05) is 25.1 Å². The van der Waals surface area contributed by atoms with E-state index in [0.29, 0.717) is 5.92 Å². The lowest BCUT2D eigenvalue weighted by molar-refractivity contribution is 0.0355. The Morgan fingerprint density at radius 2 is 2.00 bits per heavy atom. The number of benzene rings is 1. The molecule has 0 unspecified atom stereocenters. The third-order valence-electron chi connectivity index (χ3n) is 3.06. The van der Waals surface area contributed by atoms with Crippen LogP contribution in [0.4, 0.5) is 0 Å². The Balaban J connectivity index is 2.39. The quantitative estimate of drug-likeness (QED) is 0.590. The number of rotatable bonds is 0. The molecule has 1 aliphatic heterocycles. The zero-order chi connectivity index (χ0) is 9.47. The van der Waals surface area contributed by atoms with Crippen LogP contribution in [-0.2, 0) is 6.42 Å². The second kappa shape index (κ2) is 2.76. The number of fused-ring (bicyclic) bond motifs is 1. The molecule has 0 spiro atoms. The van der Waals surface area contributed by atoms with Gasteiger partial charge in [0.05, 0.1) is 0 Å². The van der Waals surface area contributed by atoms with E-state index in [1.54, 1.807) is 0 Å². The van der Waals surface area contributed by atoms with Gasteiger partial charge >= 0.3 is 0 Å². The molecule has 2 rings (SSSR count). The highest BCUT2D eigenvalue weighted by atomic mass is 16.5. The first kappa shape index (κ1) is 8.61. The maximum absolute atomic E-state index is 5.93. The van der Waals surface area contributed by atoms with Gasteiger partial charge in [0.1, 0.15) is 11.4 Å². The van der Waals surface area contributed by atoms with Crippen LogP contribution in [0.1, 0.15) is 26.3 Å². The first-order valence-corrected chi connectivity index (χ1v) is 4.86. The van der Waals surface area contributed by atoms with Crippen LogP contribution in [0.2, 0.25) is 0 Å². The highest BCUT2D eigenvalue weighted by molar-refractivity contribution is 5.36. The van der Waals surface area contributed by atoms with E-state index < -0.39 is 0 Å². The largest absolute Gasteiger partial charge is 0.487 e. The summed E-state index contributed by atoms with van der Waals surface area (Å²) in [6.45, 7) is 6.57. The van der Waals surface area contributed by atoms with Crippen LogP contribution >= 0.6 is 0 Å². The summed E-state index contributed by atoms with van der Waals surface area (Å²) in [5.74, 6) is 1.65. The third kappa shape index (κ3) is 1.43. The van der Waals surface area contributed by atoms with Crippen molar-refractivity contribution in [3.05, 3.63) is 29.8 Å². The molecule has 0 amide bonds. The molecule has 1 heteroatoms. The lowest BCUT2D eigenvalue weighted by atomic mass is 9.84. The minimum atomic E-state index is -0.0195. The van der Waals surface area contributed by atoms with E-state index in [-0.39, 0.29) is 5.60 Å². The van der Waals surface area contributed by atoms with E-state index in [2.05, 4.69) is 39.0 Å². The van der Waals surface area contributed by atoms with E-state index in [4.69, 9.17) is 4.74 Å². The second-order valence-electron chi connectivity index (χ2n) is 4.42. The van der Waals surface area contributed by atoms with Crippen LogP contribution in [0, 0.1) is 5.92 Å². The average molecular weight is 176 g/mol.